The quantitative estimate of drug-likeness (QED) is 0.140. The van der Waals surface area contributed by atoms with Gasteiger partial charge in [-0.1, -0.05) is 20.3 Å². The number of aliphatic carboxylic acids is 2. The Morgan fingerprint density at radius 1 is 1.06 bits per heavy atom. The Morgan fingerprint density at radius 3 is 2.18 bits per heavy atom. The van der Waals surface area contributed by atoms with Crippen LogP contribution in [0.15, 0.2) is 12.5 Å². The van der Waals surface area contributed by atoms with Crippen LogP contribution in [-0.4, -0.2) is 85.7 Å². The summed E-state index contributed by atoms with van der Waals surface area (Å²) < 4.78 is 0. The highest BCUT2D eigenvalue weighted by Crippen LogP contribution is 2.10. The number of amides is 3. The van der Waals surface area contributed by atoms with Gasteiger partial charge < -0.3 is 42.0 Å². The van der Waals surface area contributed by atoms with Crippen molar-refractivity contribution >= 4 is 29.7 Å². The molecule has 0 spiro atoms. The molecule has 5 atom stereocenters. The number of aromatic nitrogens is 2. The van der Waals surface area contributed by atoms with E-state index in [-0.39, 0.29) is 6.42 Å². The molecule has 14 heteroatoms. The van der Waals surface area contributed by atoms with Crippen LogP contribution in [0.1, 0.15) is 32.4 Å². The van der Waals surface area contributed by atoms with Crippen molar-refractivity contribution in [1.82, 2.24) is 25.9 Å². The number of aliphatic hydroxyl groups is 1. The molecule has 33 heavy (non-hydrogen) atoms. The van der Waals surface area contributed by atoms with Gasteiger partial charge in [-0.05, 0) is 5.92 Å². The van der Waals surface area contributed by atoms with Crippen LogP contribution >= 0.6 is 0 Å². The van der Waals surface area contributed by atoms with Gasteiger partial charge in [0.2, 0.25) is 17.7 Å². The molecular weight excluding hydrogens is 440 g/mol. The third-order valence-electron chi connectivity index (χ3n) is 4.93. The molecule has 0 aliphatic heterocycles. The molecule has 184 valence electrons. The lowest BCUT2D eigenvalue weighted by atomic mass is 9.97. The van der Waals surface area contributed by atoms with Crippen LogP contribution in [0.2, 0.25) is 0 Å². The predicted molar refractivity (Wildman–Crippen MR) is 112 cm³/mol. The average molecular weight is 470 g/mol. The van der Waals surface area contributed by atoms with E-state index in [0.29, 0.717) is 12.1 Å². The number of carbonyl (C=O) groups is 5. The number of carbonyl (C=O) groups excluding carboxylic acids is 3. The maximum absolute atomic E-state index is 13.0. The molecule has 0 saturated heterocycles. The van der Waals surface area contributed by atoms with Crippen LogP contribution in [0, 0.1) is 5.92 Å². The summed E-state index contributed by atoms with van der Waals surface area (Å²) >= 11 is 0. The highest BCUT2D eigenvalue weighted by molar-refractivity contribution is 5.95. The van der Waals surface area contributed by atoms with Crippen LogP contribution in [0.3, 0.4) is 0 Å². The Kier molecular flexibility index (Phi) is 10.9. The van der Waals surface area contributed by atoms with E-state index < -0.39 is 72.8 Å². The van der Waals surface area contributed by atoms with Crippen molar-refractivity contribution in [2.24, 2.45) is 11.7 Å². The fourth-order valence-electron chi connectivity index (χ4n) is 2.79. The Balaban J connectivity index is 3.05. The summed E-state index contributed by atoms with van der Waals surface area (Å²) in [7, 11) is 0. The maximum atomic E-state index is 13.0. The minimum atomic E-state index is -1.59. The monoisotopic (exact) mass is 470 g/mol. The van der Waals surface area contributed by atoms with E-state index in [1.54, 1.807) is 13.8 Å². The highest BCUT2D eigenvalue weighted by atomic mass is 16.4. The molecule has 1 aromatic rings. The lowest BCUT2D eigenvalue weighted by Crippen LogP contribution is -2.59. The van der Waals surface area contributed by atoms with E-state index in [1.807, 2.05) is 0 Å². The summed E-state index contributed by atoms with van der Waals surface area (Å²) in [6.45, 7) is 2.57. The second-order valence-electron chi connectivity index (χ2n) is 7.50. The van der Waals surface area contributed by atoms with Crippen molar-refractivity contribution in [2.45, 2.75) is 57.3 Å². The zero-order chi connectivity index (χ0) is 25.1. The van der Waals surface area contributed by atoms with Crippen molar-refractivity contribution < 1.29 is 39.3 Å². The SMILES string of the molecule is CCC(C)C(NC(=O)C(N)CC(=O)O)C(=O)NC(Cc1cnc[nH]1)C(=O)NC(CO)C(=O)O. The maximum Gasteiger partial charge on any atom is 0.328 e. The lowest BCUT2D eigenvalue weighted by molar-refractivity contribution is -0.143. The molecule has 0 aliphatic rings. The van der Waals surface area contributed by atoms with E-state index in [0.717, 1.165) is 0 Å². The number of aromatic amines is 1. The zero-order valence-corrected chi connectivity index (χ0v) is 18.3. The second-order valence-corrected chi connectivity index (χ2v) is 7.50. The molecule has 1 rings (SSSR count). The van der Waals surface area contributed by atoms with Gasteiger partial charge in [-0.25, -0.2) is 9.78 Å². The van der Waals surface area contributed by atoms with Gasteiger partial charge in [-0.3, -0.25) is 19.2 Å². The standard InChI is InChI=1S/C19H30N6O8/c1-3-9(2)15(25-16(29)11(20)5-14(27)28)18(31)23-12(4-10-6-21-8-22-10)17(30)24-13(7-26)19(32)33/h6,8-9,11-13,15,26H,3-5,7,20H2,1-2H3,(H,21,22)(H,23,31)(H,24,30)(H,25,29)(H,27,28)(H,32,33). The van der Waals surface area contributed by atoms with E-state index >= 15 is 0 Å². The molecular formula is C19H30N6O8. The van der Waals surface area contributed by atoms with Crippen molar-refractivity contribution in [3.05, 3.63) is 18.2 Å². The minimum Gasteiger partial charge on any atom is -0.481 e. The predicted octanol–water partition coefficient (Wildman–Crippen LogP) is -2.67. The molecule has 0 bridgehead atoms. The number of nitrogens with zero attached hydrogens (tertiary/aromatic N) is 1. The molecule has 1 aromatic heterocycles. The van der Waals surface area contributed by atoms with Gasteiger partial charge in [-0.15, -0.1) is 0 Å². The van der Waals surface area contributed by atoms with E-state index in [2.05, 4.69) is 25.9 Å². The topological polar surface area (TPSA) is 237 Å². The first-order valence-corrected chi connectivity index (χ1v) is 10.2. The molecule has 3 amide bonds. The largest absolute Gasteiger partial charge is 0.481 e. The molecule has 5 unspecified atom stereocenters. The molecule has 1 heterocycles. The number of hydrogen-bond acceptors (Lipinski definition) is 8. The number of rotatable bonds is 14. The van der Waals surface area contributed by atoms with Gasteiger partial charge in [-0.2, -0.15) is 0 Å². The van der Waals surface area contributed by atoms with Crippen molar-refractivity contribution in [1.29, 1.82) is 0 Å². The van der Waals surface area contributed by atoms with Gasteiger partial charge in [0.25, 0.3) is 0 Å². The minimum absolute atomic E-state index is 0.0883. The molecule has 14 nitrogen and oxygen atoms in total. The summed E-state index contributed by atoms with van der Waals surface area (Å²) in [5, 5.41) is 34.1. The first-order chi connectivity index (χ1) is 15.5. The Morgan fingerprint density at radius 2 is 1.70 bits per heavy atom. The van der Waals surface area contributed by atoms with Gasteiger partial charge in [0.1, 0.15) is 18.1 Å². The number of nitrogens with two attached hydrogens (primary N) is 1. The summed E-state index contributed by atoms with van der Waals surface area (Å²) in [4.78, 5) is 66.5. The number of imidazole rings is 1. The van der Waals surface area contributed by atoms with E-state index in [1.165, 1.54) is 12.5 Å². The van der Waals surface area contributed by atoms with Crippen molar-refractivity contribution in [2.75, 3.05) is 6.61 Å². The van der Waals surface area contributed by atoms with Crippen LogP contribution in [0.5, 0.6) is 0 Å². The van der Waals surface area contributed by atoms with Crippen LogP contribution in [0.25, 0.3) is 0 Å². The normalized spacial score (nSPS) is 15.4. The highest BCUT2D eigenvalue weighted by Gasteiger charge is 2.33. The third-order valence-corrected chi connectivity index (χ3v) is 4.93. The Hall–Kier alpha value is -3.52. The van der Waals surface area contributed by atoms with Crippen LogP contribution in [-0.2, 0) is 30.4 Å². The summed E-state index contributed by atoms with van der Waals surface area (Å²) in [6.07, 6.45) is 2.49. The number of aliphatic hydroxyl groups excluding tert-OH is 1. The van der Waals surface area contributed by atoms with Crippen molar-refractivity contribution in [3.8, 4) is 0 Å². The van der Waals surface area contributed by atoms with Crippen LogP contribution < -0.4 is 21.7 Å². The lowest BCUT2D eigenvalue weighted by Gasteiger charge is -2.27. The Labute approximate surface area is 189 Å². The average Bonchev–Trinajstić information content (AvgIpc) is 3.26. The first-order valence-electron chi connectivity index (χ1n) is 10.2. The molecule has 0 aromatic carbocycles. The summed E-state index contributed by atoms with van der Waals surface area (Å²) in [5.74, 6) is -5.64. The van der Waals surface area contributed by atoms with Gasteiger partial charge in [0, 0.05) is 18.3 Å². The third kappa shape index (κ3) is 8.86. The fourth-order valence-corrected chi connectivity index (χ4v) is 2.79. The molecule has 0 aliphatic carbocycles. The van der Waals surface area contributed by atoms with E-state index in [9.17, 15) is 29.1 Å². The Bertz CT molecular complexity index is 830. The summed E-state index contributed by atoms with van der Waals surface area (Å²) in [5.41, 5.74) is 6.02. The number of carboxylic acids is 2. The molecule has 0 radical (unpaired) electrons. The molecule has 0 saturated carbocycles. The first kappa shape index (κ1) is 27.5. The number of carboxylic acid groups (broad SMARTS) is 2. The molecule has 0 fully saturated rings. The van der Waals surface area contributed by atoms with Gasteiger partial charge in [0.15, 0.2) is 0 Å². The van der Waals surface area contributed by atoms with Gasteiger partial charge >= 0.3 is 11.9 Å². The number of hydrogen-bond donors (Lipinski definition) is 8. The molecule has 9 N–H and O–H groups in total. The summed E-state index contributed by atoms with van der Waals surface area (Å²) in [6, 6.07) is -5.39. The second kappa shape index (κ2) is 13.1. The number of nitrogens with one attached hydrogen (secondary N) is 4. The van der Waals surface area contributed by atoms with Crippen molar-refractivity contribution in [3.63, 3.8) is 0 Å². The van der Waals surface area contributed by atoms with Gasteiger partial charge in [0.05, 0.1) is 25.4 Å². The number of H-pyrrole nitrogens is 1. The van der Waals surface area contributed by atoms with Crippen LogP contribution in [0.4, 0.5) is 0 Å². The zero-order valence-electron chi connectivity index (χ0n) is 18.3. The van der Waals surface area contributed by atoms with E-state index in [4.69, 9.17) is 15.9 Å². The smallest absolute Gasteiger partial charge is 0.328 e. The fraction of sp³-hybridized carbons (Fsp3) is 0.579.